The average molecular weight is 226 g/mol. The fourth-order valence-corrected chi connectivity index (χ4v) is 1.88. The molecule has 0 saturated heterocycles. The van der Waals surface area contributed by atoms with Gasteiger partial charge in [-0.2, -0.15) is 0 Å². The highest BCUT2D eigenvalue weighted by Crippen LogP contribution is 2.25. The van der Waals surface area contributed by atoms with Crippen molar-refractivity contribution in [2.75, 3.05) is 6.54 Å². The minimum atomic E-state index is -0.209. The normalized spacial score (nSPS) is 12.0. The molecule has 0 aliphatic heterocycles. The maximum atomic E-state index is 11.8. The number of H-pyrrole nitrogens is 1. The summed E-state index contributed by atoms with van der Waals surface area (Å²) in [4.78, 5) is 15.0. The molecule has 2 N–H and O–H groups in total. The van der Waals surface area contributed by atoms with Crippen molar-refractivity contribution < 1.29 is 4.79 Å². The largest absolute Gasteiger partial charge is 0.361 e. The molecule has 1 heterocycles. The highest BCUT2D eigenvalue weighted by Gasteiger charge is 2.17. The maximum absolute atomic E-state index is 11.8. The SMILES string of the molecule is C#CCNC(=O)C(C)c1c[nH]c2ccccc12. The Bertz CT molecular complexity index is 577. The smallest absolute Gasteiger partial charge is 0.228 e. The second kappa shape index (κ2) is 4.75. The summed E-state index contributed by atoms with van der Waals surface area (Å²) in [6, 6.07) is 7.93. The summed E-state index contributed by atoms with van der Waals surface area (Å²) in [6.07, 6.45) is 7.00. The monoisotopic (exact) mass is 226 g/mol. The minimum Gasteiger partial charge on any atom is -0.361 e. The molecule has 0 aliphatic rings. The van der Waals surface area contributed by atoms with Gasteiger partial charge in [-0.3, -0.25) is 4.79 Å². The Hall–Kier alpha value is -2.21. The molecular formula is C14H14N2O. The lowest BCUT2D eigenvalue weighted by Crippen LogP contribution is -2.28. The molecule has 0 aliphatic carbocycles. The Morgan fingerprint density at radius 2 is 2.29 bits per heavy atom. The number of carbonyl (C=O) groups excluding carboxylic acids is 1. The molecule has 17 heavy (non-hydrogen) atoms. The van der Waals surface area contributed by atoms with E-state index in [-0.39, 0.29) is 18.4 Å². The highest BCUT2D eigenvalue weighted by atomic mass is 16.1. The number of amides is 1. The molecule has 0 bridgehead atoms. The molecule has 86 valence electrons. The predicted octanol–water partition coefficient (Wildman–Crippen LogP) is 2.02. The lowest BCUT2D eigenvalue weighted by molar-refractivity contribution is -0.121. The predicted molar refractivity (Wildman–Crippen MR) is 68.6 cm³/mol. The molecule has 1 unspecified atom stereocenters. The van der Waals surface area contributed by atoms with E-state index in [0.29, 0.717) is 0 Å². The van der Waals surface area contributed by atoms with Crippen molar-refractivity contribution in [3.63, 3.8) is 0 Å². The third-order valence-electron chi connectivity index (χ3n) is 2.85. The molecular weight excluding hydrogens is 212 g/mol. The van der Waals surface area contributed by atoms with E-state index in [4.69, 9.17) is 6.42 Å². The van der Waals surface area contributed by atoms with Crippen LogP contribution < -0.4 is 5.32 Å². The van der Waals surface area contributed by atoms with Crippen LogP contribution in [0.15, 0.2) is 30.5 Å². The van der Waals surface area contributed by atoms with Gasteiger partial charge in [0.15, 0.2) is 0 Å². The zero-order chi connectivity index (χ0) is 12.3. The van der Waals surface area contributed by atoms with Gasteiger partial charge in [0.1, 0.15) is 0 Å². The van der Waals surface area contributed by atoms with Gasteiger partial charge in [-0.25, -0.2) is 0 Å². The highest BCUT2D eigenvalue weighted by molar-refractivity contribution is 5.91. The minimum absolute atomic E-state index is 0.0484. The molecule has 0 spiro atoms. The van der Waals surface area contributed by atoms with Crippen molar-refractivity contribution in [1.29, 1.82) is 0 Å². The van der Waals surface area contributed by atoms with Crippen molar-refractivity contribution in [2.24, 2.45) is 0 Å². The third-order valence-corrected chi connectivity index (χ3v) is 2.85. The molecule has 3 nitrogen and oxygen atoms in total. The number of rotatable bonds is 3. The molecule has 0 fully saturated rings. The van der Waals surface area contributed by atoms with Gasteiger partial charge in [0.05, 0.1) is 12.5 Å². The van der Waals surface area contributed by atoms with Crippen LogP contribution in [0, 0.1) is 12.3 Å². The summed E-state index contributed by atoms with van der Waals surface area (Å²) >= 11 is 0. The molecule has 0 radical (unpaired) electrons. The topological polar surface area (TPSA) is 44.9 Å². The average Bonchev–Trinajstić information content (AvgIpc) is 2.78. The van der Waals surface area contributed by atoms with Gasteiger partial charge < -0.3 is 10.3 Å². The summed E-state index contributed by atoms with van der Waals surface area (Å²) in [5.74, 6) is 2.14. The van der Waals surface area contributed by atoms with E-state index in [0.717, 1.165) is 16.5 Å². The van der Waals surface area contributed by atoms with Gasteiger partial charge in [0, 0.05) is 17.1 Å². The number of carbonyl (C=O) groups is 1. The van der Waals surface area contributed by atoms with Gasteiger partial charge in [0.25, 0.3) is 0 Å². The van der Waals surface area contributed by atoms with Crippen molar-refractivity contribution >= 4 is 16.8 Å². The first-order valence-electron chi connectivity index (χ1n) is 5.51. The van der Waals surface area contributed by atoms with Crippen molar-refractivity contribution in [2.45, 2.75) is 12.8 Å². The number of aromatic nitrogens is 1. The quantitative estimate of drug-likeness (QED) is 0.773. The van der Waals surface area contributed by atoms with E-state index >= 15 is 0 Å². The number of para-hydroxylation sites is 1. The van der Waals surface area contributed by atoms with Gasteiger partial charge >= 0.3 is 0 Å². The van der Waals surface area contributed by atoms with Crippen molar-refractivity contribution in [3.05, 3.63) is 36.0 Å². The van der Waals surface area contributed by atoms with E-state index in [9.17, 15) is 4.79 Å². The van der Waals surface area contributed by atoms with Gasteiger partial charge in [-0.05, 0) is 18.6 Å². The summed E-state index contributed by atoms with van der Waals surface area (Å²) in [6.45, 7) is 2.15. The molecule has 1 aromatic heterocycles. The molecule has 3 heteroatoms. The van der Waals surface area contributed by atoms with E-state index in [1.165, 1.54) is 0 Å². The van der Waals surface area contributed by atoms with E-state index in [1.807, 2.05) is 37.4 Å². The van der Waals surface area contributed by atoms with E-state index < -0.39 is 0 Å². The van der Waals surface area contributed by atoms with Crippen LogP contribution in [-0.4, -0.2) is 17.4 Å². The summed E-state index contributed by atoms with van der Waals surface area (Å²) in [7, 11) is 0. The molecule has 1 aromatic carbocycles. The third kappa shape index (κ3) is 2.16. The molecule has 0 saturated carbocycles. The summed E-state index contributed by atoms with van der Waals surface area (Å²) in [5.41, 5.74) is 2.04. The van der Waals surface area contributed by atoms with Crippen LogP contribution >= 0.6 is 0 Å². The first kappa shape index (κ1) is 11.3. The van der Waals surface area contributed by atoms with Gasteiger partial charge in [-0.1, -0.05) is 24.1 Å². The number of aromatic amines is 1. The number of benzene rings is 1. The first-order valence-corrected chi connectivity index (χ1v) is 5.51. The number of terminal acetylenes is 1. The van der Waals surface area contributed by atoms with Crippen LogP contribution in [0.4, 0.5) is 0 Å². The number of nitrogens with one attached hydrogen (secondary N) is 2. The van der Waals surface area contributed by atoms with Crippen LogP contribution in [0.1, 0.15) is 18.4 Å². The van der Waals surface area contributed by atoms with Crippen LogP contribution in [0.2, 0.25) is 0 Å². The number of hydrogen-bond acceptors (Lipinski definition) is 1. The first-order chi connectivity index (χ1) is 8.24. The van der Waals surface area contributed by atoms with Crippen LogP contribution in [-0.2, 0) is 4.79 Å². The summed E-state index contributed by atoms with van der Waals surface area (Å²) in [5, 5.41) is 3.78. The number of hydrogen-bond donors (Lipinski definition) is 2. The summed E-state index contributed by atoms with van der Waals surface area (Å²) < 4.78 is 0. The molecule has 1 atom stereocenters. The Balaban J connectivity index is 2.28. The fraction of sp³-hybridized carbons (Fsp3) is 0.214. The zero-order valence-corrected chi connectivity index (χ0v) is 9.66. The molecule has 1 amide bonds. The molecule has 2 rings (SSSR count). The standard InChI is InChI=1S/C14H14N2O/c1-3-8-15-14(17)10(2)12-9-16-13-7-5-4-6-11(12)13/h1,4-7,9-10,16H,8H2,2H3,(H,15,17). The Labute approximate surface area is 100 Å². The lowest BCUT2D eigenvalue weighted by Gasteiger charge is -2.09. The van der Waals surface area contributed by atoms with Crippen molar-refractivity contribution in [1.82, 2.24) is 10.3 Å². The van der Waals surface area contributed by atoms with Gasteiger partial charge in [0.2, 0.25) is 5.91 Å². The Morgan fingerprint density at radius 1 is 1.53 bits per heavy atom. The Morgan fingerprint density at radius 3 is 3.06 bits per heavy atom. The second-order valence-corrected chi connectivity index (χ2v) is 3.93. The molecule has 2 aromatic rings. The van der Waals surface area contributed by atoms with E-state index in [2.05, 4.69) is 16.2 Å². The number of fused-ring (bicyclic) bond motifs is 1. The maximum Gasteiger partial charge on any atom is 0.228 e. The van der Waals surface area contributed by atoms with Crippen LogP contribution in [0.3, 0.4) is 0 Å². The van der Waals surface area contributed by atoms with E-state index in [1.54, 1.807) is 0 Å². The van der Waals surface area contributed by atoms with Crippen LogP contribution in [0.5, 0.6) is 0 Å². The van der Waals surface area contributed by atoms with Crippen LogP contribution in [0.25, 0.3) is 10.9 Å². The lowest BCUT2D eigenvalue weighted by atomic mass is 10.00. The van der Waals surface area contributed by atoms with Gasteiger partial charge in [-0.15, -0.1) is 6.42 Å². The zero-order valence-electron chi connectivity index (χ0n) is 9.66. The Kier molecular flexibility index (Phi) is 3.15. The fourth-order valence-electron chi connectivity index (χ4n) is 1.88. The van der Waals surface area contributed by atoms with Crippen molar-refractivity contribution in [3.8, 4) is 12.3 Å². The second-order valence-electron chi connectivity index (χ2n) is 3.93.